The minimum absolute atomic E-state index is 0.0439. The first-order valence-corrected chi connectivity index (χ1v) is 6.16. The highest BCUT2D eigenvalue weighted by atomic mass is 79.9. The van der Waals surface area contributed by atoms with Gasteiger partial charge in [0.25, 0.3) is 0 Å². The number of benzene rings is 1. The van der Waals surface area contributed by atoms with Crippen LogP contribution >= 0.6 is 15.9 Å². The lowest BCUT2D eigenvalue weighted by Crippen LogP contribution is -2.07. The third-order valence-corrected chi connectivity index (χ3v) is 2.94. The minimum atomic E-state index is 0.0439. The van der Waals surface area contributed by atoms with Crippen molar-refractivity contribution in [3.8, 4) is 0 Å². The Morgan fingerprint density at radius 3 is 2.88 bits per heavy atom. The van der Waals surface area contributed by atoms with Crippen molar-refractivity contribution >= 4 is 21.7 Å². The fourth-order valence-corrected chi connectivity index (χ4v) is 2.15. The Hall–Kier alpha value is -1.33. The predicted octanol–water partition coefficient (Wildman–Crippen LogP) is 1.81. The number of rotatable bonds is 4. The smallest absolute Gasteiger partial charge is 0.122 e. The van der Waals surface area contributed by atoms with Gasteiger partial charge in [0.1, 0.15) is 5.82 Å². The van der Waals surface area contributed by atoms with Crippen LogP contribution in [-0.2, 0) is 13.0 Å². The van der Waals surface area contributed by atoms with Crippen molar-refractivity contribution < 1.29 is 5.11 Å². The molecule has 90 valence electrons. The lowest BCUT2D eigenvalue weighted by atomic mass is 10.1. The zero-order valence-electron chi connectivity index (χ0n) is 9.31. The van der Waals surface area contributed by atoms with Crippen LogP contribution in [-0.4, -0.2) is 21.5 Å². The maximum atomic E-state index is 8.86. The molecule has 0 spiro atoms. The van der Waals surface area contributed by atoms with Crippen LogP contribution in [0.3, 0.4) is 0 Å². The van der Waals surface area contributed by atoms with Crippen molar-refractivity contribution in [3.63, 3.8) is 0 Å². The molecule has 1 aromatic heterocycles. The van der Waals surface area contributed by atoms with Gasteiger partial charge in [0.05, 0.1) is 18.8 Å². The van der Waals surface area contributed by atoms with E-state index in [1.165, 1.54) is 5.56 Å². The van der Waals surface area contributed by atoms with E-state index in [-0.39, 0.29) is 6.61 Å². The molecule has 4 nitrogen and oxygen atoms in total. The van der Waals surface area contributed by atoms with Gasteiger partial charge in [0, 0.05) is 17.0 Å². The second-order valence-electron chi connectivity index (χ2n) is 3.81. The Bertz CT molecular complexity index is 510. The van der Waals surface area contributed by atoms with Crippen molar-refractivity contribution in [2.24, 2.45) is 0 Å². The largest absolute Gasteiger partial charge is 0.394 e. The first-order valence-electron chi connectivity index (χ1n) is 5.36. The van der Waals surface area contributed by atoms with Gasteiger partial charge < -0.3 is 10.8 Å². The SMILES string of the molecule is Nc1cc(Cc2cccc(Br)c2)nn1CCO. The first kappa shape index (κ1) is 12.1. The van der Waals surface area contributed by atoms with E-state index in [0.29, 0.717) is 12.4 Å². The molecule has 0 fully saturated rings. The Labute approximate surface area is 108 Å². The van der Waals surface area contributed by atoms with Crippen LogP contribution in [0.2, 0.25) is 0 Å². The van der Waals surface area contributed by atoms with Crippen LogP contribution in [0, 0.1) is 0 Å². The first-order chi connectivity index (χ1) is 8.19. The molecule has 2 rings (SSSR count). The Kier molecular flexibility index (Phi) is 3.81. The number of aromatic nitrogens is 2. The molecule has 0 saturated heterocycles. The van der Waals surface area contributed by atoms with E-state index in [1.807, 2.05) is 24.3 Å². The van der Waals surface area contributed by atoms with E-state index in [4.69, 9.17) is 10.8 Å². The predicted molar refractivity (Wildman–Crippen MR) is 70.7 cm³/mol. The third-order valence-electron chi connectivity index (χ3n) is 2.45. The van der Waals surface area contributed by atoms with Crippen LogP contribution in [0.15, 0.2) is 34.8 Å². The highest BCUT2D eigenvalue weighted by Crippen LogP contribution is 2.16. The molecule has 0 radical (unpaired) electrons. The lowest BCUT2D eigenvalue weighted by Gasteiger charge is -2.00. The van der Waals surface area contributed by atoms with E-state index in [2.05, 4.69) is 27.1 Å². The van der Waals surface area contributed by atoms with E-state index in [1.54, 1.807) is 4.68 Å². The summed E-state index contributed by atoms with van der Waals surface area (Å²) in [7, 11) is 0. The van der Waals surface area contributed by atoms with Gasteiger partial charge >= 0.3 is 0 Å². The number of aliphatic hydroxyl groups is 1. The summed E-state index contributed by atoms with van der Waals surface area (Å²) in [5, 5.41) is 13.2. The molecule has 0 bridgehead atoms. The molecule has 0 aliphatic rings. The average Bonchev–Trinajstić information content (AvgIpc) is 2.60. The monoisotopic (exact) mass is 295 g/mol. The van der Waals surface area contributed by atoms with Gasteiger partial charge in [0.15, 0.2) is 0 Å². The summed E-state index contributed by atoms with van der Waals surface area (Å²) >= 11 is 3.44. The van der Waals surface area contributed by atoms with Gasteiger partial charge in [-0.05, 0) is 17.7 Å². The molecule has 0 atom stereocenters. The van der Waals surface area contributed by atoms with Crippen LogP contribution in [0.1, 0.15) is 11.3 Å². The number of hydrogen-bond donors (Lipinski definition) is 2. The fourth-order valence-electron chi connectivity index (χ4n) is 1.70. The number of nitrogens with two attached hydrogens (primary N) is 1. The van der Waals surface area contributed by atoms with E-state index in [9.17, 15) is 0 Å². The van der Waals surface area contributed by atoms with Gasteiger partial charge in [0.2, 0.25) is 0 Å². The summed E-state index contributed by atoms with van der Waals surface area (Å²) in [5.41, 5.74) is 7.88. The topological polar surface area (TPSA) is 64.1 Å². The second kappa shape index (κ2) is 5.33. The maximum Gasteiger partial charge on any atom is 0.122 e. The maximum absolute atomic E-state index is 8.86. The van der Waals surface area contributed by atoms with E-state index in [0.717, 1.165) is 16.6 Å². The zero-order valence-corrected chi connectivity index (χ0v) is 10.9. The van der Waals surface area contributed by atoms with Gasteiger partial charge in [-0.25, -0.2) is 4.68 Å². The molecule has 1 aromatic carbocycles. The zero-order chi connectivity index (χ0) is 12.3. The molecule has 2 aromatic rings. The van der Waals surface area contributed by atoms with Crippen molar-refractivity contribution in [2.75, 3.05) is 12.3 Å². The van der Waals surface area contributed by atoms with Crippen LogP contribution in [0.5, 0.6) is 0 Å². The molecule has 0 amide bonds. The quantitative estimate of drug-likeness (QED) is 0.904. The van der Waals surface area contributed by atoms with Crippen molar-refractivity contribution in [1.82, 2.24) is 9.78 Å². The molecule has 1 heterocycles. The number of anilines is 1. The normalized spacial score (nSPS) is 10.7. The van der Waals surface area contributed by atoms with Crippen molar-refractivity contribution in [1.29, 1.82) is 0 Å². The summed E-state index contributed by atoms with van der Waals surface area (Å²) in [6.07, 6.45) is 0.738. The third kappa shape index (κ3) is 3.08. The highest BCUT2D eigenvalue weighted by molar-refractivity contribution is 9.10. The molecule has 17 heavy (non-hydrogen) atoms. The summed E-state index contributed by atoms with van der Waals surface area (Å²) in [6.45, 7) is 0.479. The van der Waals surface area contributed by atoms with E-state index < -0.39 is 0 Å². The van der Waals surface area contributed by atoms with Crippen LogP contribution in [0.25, 0.3) is 0 Å². The average molecular weight is 296 g/mol. The summed E-state index contributed by atoms with van der Waals surface area (Å²) in [6, 6.07) is 9.93. The van der Waals surface area contributed by atoms with Gasteiger partial charge in [-0.15, -0.1) is 0 Å². The molecule has 5 heteroatoms. The summed E-state index contributed by atoms with van der Waals surface area (Å²) in [4.78, 5) is 0. The second-order valence-corrected chi connectivity index (χ2v) is 4.73. The Morgan fingerprint density at radius 1 is 1.35 bits per heavy atom. The number of hydrogen-bond acceptors (Lipinski definition) is 3. The highest BCUT2D eigenvalue weighted by Gasteiger charge is 2.05. The van der Waals surface area contributed by atoms with Crippen molar-refractivity contribution in [2.45, 2.75) is 13.0 Å². The lowest BCUT2D eigenvalue weighted by molar-refractivity contribution is 0.270. The van der Waals surface area contributed by atoms with Gasteiger partial charge in [-0.3, -0.25) is 0 Å². The Balaban J connectivity index is 2.16. The molecule has 3 N–H and O–H groups in total. The molecular formula is C12H14BrN3O. The molecule has 0 aliphatic carbocycles. The number of nitrogen functional groups attached to an aromatic ring is 1. The summed E-state index contributed by atoms with van der Waals surface area (Å²) < 4.78 is 2.67. The van der Waals surface area contributed by atoms with E-state index >= 15 is 0 Å². The molecule has 0 aliphatic heterocycles. The molecule has 0 saturated carbocycles. The Morgan fingerprint density at radius 2 is 2.18 bits per heavy atom. The summed E-state index contributed by atoms with van der Waals surface area (Å²) in [5.74, 6) is 0.587. The fraction of sp³-hybridized carbons (Fsp3) is 0.250. The number of nitrogens with zero attached hydrogens (tertiary/aromatic N) is 2. The van der Waals surface area contributed by atoms with Crippen LogP contribution < -0.4 is 5.73 Å². The van der Waals surface area contributed by atoms with Gasteiger partial charge in [-0.1, -0.05) is 28.1 Å². The number of halogens is 1. The molecular weight excluding hydrogens is 282 g/mol. The standard InChI is InChI=1S/C12H14BrN3O/c13-10-3-1-2-9(6-10)7-11-8-12(14)16(15-11)4-5-17/h1-3,6,8,17H,4-5,7,14H2. The van der Waals surface area contributed by atoms with Gasteiger partial charge in [-0.2, -0.15) is 5.10 Å². The minimum Gasteiger partial charge on any atom is -0.394 e. The number of aliphatic hydroxyl groups excluding tert-OH is 1. The molecule has 0 unspecified atom stereocenters. The van der Waals surface area contributed by atoms with Crippen LogP contribution in [0.4, 0.5) is 5.82 Å². The van der Waals surface area contributed by atoms with Crippen molar-refractivity contribution in [3.05, 3.63) is 46.1 Å².